The molecule has 12 heavy (non-hydrogen) atoms. The van der Waals surface area contributed by atoms with Crippen molar-refractivity contribution >= 4 is 32.4 Å². The number of nitrogens with zero attached hydrogens (tertiary/aromatic N) is 2. The van der Waals surface area contributed by atoms with Gasteiger partial charge in [-0.05, 0) is 35.0 Å². The van der Waals surface area contributed by atoms with Gasteiger partial charge < -0.3 is 4.90 Å². The van der Waals surface area contributed by atoms with E-state index in [4.69, 9.17) is 13.7 Å². The first kappa shape index (κ1) is 2.70. The molecule has 0 radical (unpaired) electrons. The van der Waals surface area contributed by atoms with Crippen LogP contribution in [0.3, 0.4) is 0 Å². The maximum absolute atomic E-state index is 7.94. The lowest BCUT2D eigenvalue weighted by atomic mass is 10.1. The smallest absolute Gasteiger partial charge is 0.186 e. The van der Waals surface area contributed by atoms with Gasteiger partial charge in [0.2, 0.25) is 0 Å². The van der Waals surface area contributed by atoms with Crippen molar-refractivity contribution in [2.75, 3.05) is 17.9 Å². The van der Waals surface area contributed by atoms with E-state index < -0.39 is 32.1 Å². The van der Waals surface area contributed by atoms with Crippen LogP contribution in [-0.2, 0) is 0 Å². The topological polar surface area (TPSA) is 16.1 Å². The van der Waals surface area contributed by atoms with Crippen molar-refractivity contribution in [1.82, 2.24) is 4.98 Å². The summed E-state index contributed by atoms with van der Waals surface area (Å²) in [6.45, 7) is -6.33. The first-order valence-electron chi connectivity index (χ1n) is 8.04. The Balaban J connectivity index is 2.77. The van der Waals surface area contributed by atoms with E-state index in [1.54, 1.807) is 0 Å². The van der Waals surface area contributed by atoms with E-state index in [0.29, 0.717) is 3.79 Å². The Morgan fingerprint density at radius 2 is 2.25 bits per heavy atom. The van der Waals surface area contributed by atoms with Crippen molar-refractivity contribution in [1.29, 1.82) is 0 Å². The summed E-state index contributed by atoms with van der Waals surface area (Å²) in [6, 6.07) is 0. The Kier molecular flexibility index (Phi) is 0.843. The molecule has 0 N–H and O–H groups in total. The van der Waals surface area contributed by atoms with Gasteiger partial charge in [-0.3, -0.25) is 0 Å². The number of aromatic nitrogens is 1. The van der Waals surface area contributed by atoms with E-state index >= 15 is 0 Å². The van der Waals surface area contributed by atoms with Gasteiger partial charge in [0, 0.05) is 26.7 Å². The average molecular weight is 257 g/mol. The second-order valence-electron chi connectivity index (χ2n) is 1.88. The van der Waals surface area contributed by atoms with Gasteiger partial charge in [0.25, 0.3) is 0 Å². The van der Waals surface area contributed by atoms with E-state index in [1.165, 1.54) is 6.20 Å². The third-order valence-corrected chi connectivity index (χ3v) is 2.58. The molecular weight excluding hydrogens is 236 g/mol. The predicted octanol–water partition coefficient (Wildman–Crippen LogP) is 2.90. The van der Waals surface area contributed by atoms with Crippen LogP contribution >= 0.6 is 27.3 Å². The minimum Gasteiger partial charge on any atom is -0.348 e. The highest BCUT2D eigenvalue weighted by Gasteiger charge is 2.13. The molecule has 0 aliphatic carbocycles. The molecule has 1 aliphatic rings. The number of halogens is 1. The van der Waals surface area contributed by atoms with Crippen LogP contribution in [0.5, 0.6) is 0 Å². The molecule has 0 aromatic carbocycles. The lowest BCUT2D eigenvalue weighted by Gasteiger charge is -2.25. The molecule has 2 rings (SSSR count). The Hall–Kier alpha value is -0.0900. The van der Waals surface area contributed by atoms with Crippen LogP contribution in [0.25, 0.3) is 0 Å². The summed E-state index contributed by atoms with van der Waals surface area (Å²) in [5.41, 5.74) is 0. The van der Waals surface area contributed by atoms with Crippen molar-refractivity contribution in [2.24, 2.45) is 0 Å². The van der Waals surface area contributed by atoms with E-state index in [0.717, 1.165) is 11.3 Å². The minimum atomic E-state index is -3.40. The third-order valence-electron chi connectivity index (χ3n) is 1.12. The van der Waals surface area contributed by atoms with Gasteiger partial charge in [-0.1, -0.05) is 11.3 Å². The maximum atomic E-state index is 7.94. The summed E-state index contributed by atoms with van der Waals surface area (Å²) >= 11 is 3.87. The summed E-state index contributed by atoms with van der Waals surface area (Å²) in [4.78, 5) is 4.02. The van der Waals surface area contributed by atoms with Crippen LogP contribution in [0, 0.1) is 0 Å². The van der Waals surface area contributed by atoms with E-state index in [-0.39, 0.29) is 10.0 Å². The van der Waals surface area contributed by atoms with E-state index in [2.05, 4.69) is 20.9 Å². The first-order valence-corrected chi connectivity index (χ1v) is 4.65. The highest BCUT2D eigenvalue weighted by Crippen LogP contribution is 2.28. The molecule has 0 spiro atoms. The van der Waals surface area contributed by atoms with Crippen LogP contribution in [0.15, 0.2) is 9.98 Å². The number of anilines is 1. The molecule has 2 nitrogen and oxygen atoms in total. The molecule has 0 bridgehead atoms. The van der Waals surface area contributed by atoms with Crippen LogP contribution in [0.1, 0.15) is 32.8 Å². The predicted molar refractivity (Wildman–Crippen MR) is 55.9 cm³/mol. The number of rotatable bonds is 1. The van der Waals surface area contributed by atoms with Gasteiger partial charge >= 0.3 is 0 Å². The van der Waals surface area contributed by atoms with Crippen LogP contribution < -0.4 is 4.90 Å². The molecule has 1 aromatic rings. The number of thiazole rings is 1. The van der Waals surface area contributed by atoms with Crippen LogP contribution in [-0.4, -0.2) is 18.0 Å². The lowest BCUT2D eigenvalue weighted by Crippen LogP contribution is -2.29. The molecule has 1 saturated heterocycles. The quantitative estimate of drug-likeness (QED) is 0.769. The molecule has 2 heterocycles. The van der Waals surface area contributed by atoms with Crippen molar-refractivity contribution in [2.45, 2.75) is 19.1 Å². The van der Waals surface area contributed by atoms with Crippen LogP contribution in [0.4, 0.5) is 5.13 Å². The fourth-order valence-corrected chi connectivity index (χ4v) is 1.78. The summed E-state index contributed by atoms with van der Waals surface area (Å²) in [5, 5.41) is -0.287. The Bertz CT molecular complexity index is 570. The summed E-state index contributed by atoms with van der Waals surface area (Å²) in [5.74, 6) is 0. The molecule has 0 amide bonds. The molecule has 1 aromatic heterocycles. The molecule has 0 saturated carbocycles. The fraction of sp³-hybridized carbons (Fsp3) is 0.625. The van der Waals surface area contributed by atoms with Gasteiger partial charge in [0.05, 0.1) is 9.98 Å². The average Bonchev–Trinajstić information content (AvgIpc) is 2.72. The second-order valence-corrected chi connectivity index (χ2v) is 4.27. The van der Waals surface area contributed by atoms with Gasteiger partial charge in [-0.2, -0.15) is 0 Å². The van der Waals surface area contributed by atoms with Crippen molar-refractivity contribution in [3.63, 3.8) is 0 Å². The number of piperidine rings is 1. The van der Waals surface area contributed by atoms with Crippen molar-refractivity contribution in [3.05, 3.63) is 9.98 Å². The van der Waals surface area contributed by atoms with Gasteiger partial charge in [-0.25, -0.2) is 4.98 Å². The van der Waals surface area contributed by atoms with Crippen molar-refractivity contribution in [3.8, 4) is 0 Å². The zero-order valence-corrected chi connectivity index (χ0v) is 8.16. The lowest BCUT2D eigenvalue weighted by molar-refractivity contribution is 0.577. The minimum absolute atomic E-state index is 0.247. The zero-order chi connectivity index (χ0) is 17.4. The van der Waals surface area contributed by atoms with Gasteiger partial charge in [-0.15, -0.1) is 0 Å². The Morgan fingerprint density at radius 1 is 1.50 bits per heavy atom. The number of hydrogen-bond donors (Lipinski definition) is 0. The van der Waals surface area contributed by atoms with Gasteiger partial charge in [0.1, 0.15) is 0 Å². The van der Waals surface area contributed by atoms with Gasteiger partial charge in [0.15, 0.2) is 5.13 Å². The highest BCUT2D eigenvalue weighted by atomic mass is 79.9. The number of hydrogen-bond acceptors (Lipinski definition) is 3. The Morgan fingerprint density at radius 3 is 2.83 bits per heavy atom. The zero-order valence-electron chi connectivity index (χ0n) is 15.8. The molecule has 4 heteroatoms. The van der Waals surface area contributed by atoms with Crippen LogP contribution in [0.2, 0.25) is 0 Å². The summed E-state index contributed by atoms with van der Waals surface area (Å²) < 4.78 is 78.7. The molecule has 66 valence electrons. The second kappa shape index (κ2) is 3.75. The maximum Gasteiger partial charge on any atom is 0.186 e. The SMILES string of the molecule is [2H]C1([2H])N(c2ncc(Br)s2)C([2H])([2H])C([2H])([2H])C([2H])([2H])C1([2H])[2H]. The van der Waals surface area contributed by atoms with E-state index in [1.807, 2.05) is 0 Å². The summed E-state index contributed by atoms with van der Waals surface area (Å²) in [7, 11) is 0. The van der Waals surface area contributed by atoms with E-state index in [9.17, 15) is 0 Å². The third kappa shape index (κ3) is 1.80. The molecule has 0 unspecified atom stereocenters. The van der Waals surface area contributed by atoms with Crippen molar-refractivity contribution < 1.29 is 13.7 Å². The Labute approximate surface area is 98.8 Å². The molecular formula is C8H11BrN2S. The molecule has 1 fully saturated rings. The largest absolute Gasteiger partial charge is 0.348 e. The monoisotopic (exact) mass is 256 g/mol. The highest BCUT2D eigenvalue weighted by molar-refractivity contribution is 9.11. The fourth-order valence-electron chi connectivity index (χ4n) is 0.672. The molecule has 1 aliphatic heterocycles. The standard InChI is InChI=1S/C8H11BrN2S/c9-7-6-10-8(12-7)11-4-2-1-3-5-11/h6H,1-5H2/i1D2,2D2,3D2,4D2,5D2. The molecule has 0 atom stereocenters. The first-order chi connectivity index (χ1) is 9.62. The normalized spacial score (nSPS) is 51.6. The summed E-state index contributed by atoms with van der Waals surface area (Å²) in [6.07, 6.45) is -8.81.